The van der Waals surface area contributed by atoms with E-state index in [1.54, 1.807) is 0 Å². The van der Waals surface area contributed by atoms with Gasteiger partial charge in [-0.3, -0.25) is 4.98 Å². The topological polar surface area (TPSA) is 50.7 Å². The molecule has 0 aliphatic heterocycles. The molecule has 102 valence electrons. The number of pyridine rings is 1. The van der Waals surface area contributed by atoms with Crippen LogP contribution in [0, 0.1) is 0 Å². The summed E-state index contributed by atoms with van der Waals surface area (Å²) in [6.45, 7) is 5.23. The second-order valence-electron chi connectivity index (χ2n) is 4.47. The zero-order valence-electron chi connectivity index (χ0n) is 11.5. The van der Waals surface area contributed by atoms with Gasteiger partial charge in [-0.05, 0) is 36.6 Å². The summed E-state index contributed by atoms with van der Waals surface area (Å²) >= 11 is 1.51. The maximum Gasteiger partial charge on any atom is 0.0803 e. The van der Waals surface area contributed by atoms with Crippen molar-refractivity contribution in [3.63, 3.8) is 0 Å². The number of aryl methyl sites for hydroxylation is 1. The van der Waals surface area contributed by atoms with Crippen molar-refractivity contribution in [1.82, 2.24) is 19.9 Å². The maximum atomic E-state index is 4.41. The Kier molecular flexibility index (Phi) is 5.42. The Bertz CT molecular complexity index is 483. The lowest BCUT2D eigenvalue weighted by atomic mass is 10.1. The molecule has 5 heteroatoms. The molecule has 1 N–H and O–H groups in total. The standard InChI is InChI=1S/C14H20N4S/c1-3-7-12-14(19-18-17-12)13(15-4-2)10-11-8-5-6-9-16-11/h5-6,8-9,13,15H,3-4,7,10H2,1-2H3. The fraction of sp³-hybridized carbons (Fsp3) is 0.500. The fourth-order valence-electron chi connectivity index (χ4n) is 2.12. The molecule has 0 saturated heterocycles. The molecule has 0 aromatic carbocycles. The Hall–Kier alpha value is -1.33. The Labute approximate surface area is 118 Å². The van der Waals surface area contributed by atoms with Gasteiger partial charge in [-0.15, -0.1) is 5.10 Å². The highest BCUT2D eigenvalue weighted by Gasteiger charge is 2.18. The summed E-state index contributed by atoms with van der Waals surface area (Å²) in [5.41, 5.74) is 2.23. The SMILES string of the molecule is CCCc1nnsc1C(Cc1ccccn1)NCC. The van der Waals surface area contributed by atoms with E-state index in [9.17, 15) is 0 Å². The van der Waals surface area contributed by atoms with Gasteiger partial charge in [-0.2, -0.15) is 0 Å². The van der Waals surface area contributed by atoms with Crippen molar-refractivity contribution >= 4 is 11.5 Å². The van der Waals surface area contributed by atoms with Crippen molar-refractivity contribution in [2.24, 2.45) is 0 Å². The average Bonchev–Trinajstić information content (AvgIpc) is 2.88. The lowest BCUT2D eigenvalue weighted by Gasteiger charge is -2.16. The van der Waals surface area contributed by atoms with Gasteiger partial charge in [0, 0.05) is 18.3 Å². The van der Waals surface area contributed by atoms with Gasteiger partial charge in [-0.1, -0.05) is 30.8 Å². The normalized spacial score (nSPS) is 12.5. The lowest BCUT2D eigenvalue weighted by molar-refractivity contribution is 0.546. The Balaban J connectivity index is 2.17. The first-order valence-electron chi connectivity index (χ1n) is 6.79. The molecule has 0 amide bonds. The van der Waals surface area contributed by atoms with Gasteiger partial charge < -0.3 is 5.32 Å². The van der Waals surface area contributed by atoms with Crippen molar-refractivity contribution in [2.45, 2.75) is 39.2 Å². The van der Waals surface area contributed by atoms with E-state index in [1.807, 2.05) is 18.3 Å². The number of rotatable bonds is 7. The van der Waals surface area contributed by atoms with Gasteiger partial charge >= 0.3 is 0 Å². The highest BCUT2D eigenvalue weighted by molar-refractivity contribution is 7.05. The van der Waals surface area contributed by atoms with E-state index in [4.69, 9.17) is 0 Å². The molecule has 0 saturated carbocycles. The summed E-state index contributed by atoms with van der Waals surface area (Å²) in [5, 5.41) is 7.78. The summed E-state index contributed by atoms with van der Waals surface area (Å²) in [7, 11) is 0. The number of nitrogens with zero attached hydrogens (tertiary/aromatic N) is 3. The van der Waals surface area contributed by atoms with Crippen LogP contribution in [0.2, 0.25) is 0 Å². The van der Waals surface area contributed by atoms with Gasteiger partial charge in [-0.25, -0.2) is 0 Å². The first-order chi connectivity index (χ1) is 9.35. The molecule has 0 fully saturated rings. The number of hydrogen-bond donors (Lipinski definition) is 1. The summed E-state index contributed by atoms with van der Waals surface area (Å²) in [5.74, 6) is 0. The molecule has 19 heavy (non-hydrogen) atoms. The molecule has 1 atom stereocenters. The van der Waals surface area contributed by atoms with Crippen LogP contribution in [0.3, 0.4) is 0 Å². The van der Waals surface area contributed by atoms with Crippen molar-refractivity contribution in [1.29, 1.82) is 0 Å². The minimum Gasteiger partial charge on any atom is -0.309 e. The minimum atomic E-state index is 0.265. The summed E-state index contributed by atoms with van der Waals surface area (Å²) in [6, 6.07) is 6.31. The van der Waals surface area contributed by atoms with Crippen LogP contribution in [0.1, 0.15) is 42.6 Å². The number of hydrogen-bond acceptors (Lipinski definition) is 5. The van der Waals surface area contributed by atoms with Crippen LogP contribution in [0.15, 0.2) is 24.4 Å². The van der Waals surface area contributed by atoms with E-state index >= 15 is 0 Å². The molecule has 2 aromatic heterocycles. The van der Waals surface area contributed by atoms with Crippen LogP contribution in [0.25, 0.3) is 0 Å². The van der Waals surface area contributed by atoms with Crippen LogP contribution in [-0.4, -0.2) is 21.1 Å². The Morgan fingerprint density at radius 2 is 2.21 bits per heavy atom. The minimum absolute atomic E-state index is 0.265. The van der Waals surface area contributed by atoms with Gasteiger partial charge in [0.2, 0.25) is 0 Å². The van der Waals surface area contributed by atoms with Gasteiger partial charge in [0.1, 0.15) is 0 Å². The summed E-state index contributed by atoms with van der Waals surface area (Å²) in [4.78, 5) is 5.67. The van der Waals surface area contributed by atoms with Crippen LogP contribution in [0.5, 0.6) is 0 Å². The number of nitrogens with one attached hydrogen (secondary N) is 1. The smallest absolute Gasteiger partial charge is 0.0803 e. The van der Waals surface area contributed by atoms with Crippen LogP contribution in [-0.2, 0) is 12.8 Å². The number of likely N-dealkylation sites (N-methyl/N-ethyl adjacent to an activating group) is 1. The van der Waals surface area contributed by atoms with Crippen molar-refractivity contribution in [2.75, 3.05) is 6.54 Å². The van der Waals surface area contributed by atoms with E-state index < -0.39 is 0 Å². The zero-order valence-corrected chi connectivity index (χ0v) is 12.3. The second kappa shape index (κ2) is 7.31. The first-order valence-corrected chi connectivity index (χ1v) is 7.56. The Morgan fingerprint density at radius 1 is 1.32 bits per heavy atom. The molecular weight excluding hydrogens is 256 g/mol. The van der Waals surface area contributed by atoms with Gasteiger partial charge in [0.05, 0.1) is 16.6 Å². The van der Waals surface area contributed by atoms with E-state index in [2.05, 4.69) is 39.8 Å². The number of aromatic nitrogens is 3. The molecule has 0 radical (unpaired) electrons. The lowest BCUT2D eigenvalue weighted by Crippen LogP contribution is -2.23. The van der Waals surface area contributed by atoms with Crippen LogP contribution in [0.4, 0.5) is 0 Å². The first kappa shape index (κ1) is 14.1. The molecule has 4 nitrogen and oxygen atoms in total. The van der Waals surface area contributed by atoms with Crippen molar-refractivity contribution < 1.29 is 0 Å². The third kappa shape index (κ3) is 3.81. The van der Waals surface area contributed by atoms with E-state index in [-0.39, 0.29) is 6.04 Å². The van der Waals surface area contributed by atoms with Gasteiger partial charge in [0.25, 0.3) is 0 Å². The Morgan fingerprint density at radius 3 is 2.89 bits per heavy atom. The molecule has 2 aromatic rings. The average molecular weight is 276 g/mol. The second-order valence-corrected chi connectivity index (χ2v) is 5.26. The monoisotopic (exact) mass is 276 g/mol. The largest absolute Gasteiger partial charge is 0.309 e. The molecular formula is C14H20N4S. The van der Waals surface area contributed by atoms with Crippen molar-refractivity contribution in [3.8, 4) is 0 Å². The van der Waals surface area contributed by atoms with Crippen LogP contribution < -0.4 is 5.32 Å². The molecule has 0 aliphatic rings. The predicted octanol–water partition coefficient (Wildman–Crippen LogP) is 2.78. The quantitative estimate of drug-likeness (QED) is 0.845. The molecule has 1 unspecified atom stereocenters. The molecule has 2 heterocycles. The van der Waals surface area contributed by atoms with E-state index in [1.165, 1.54) is 16.4 Å². The van der Waals surface area contributed by atoms with Crippen LogP contribution >= 0.6 is 11.5 Å². The summed E-state index contributed by atoms with van der Waals surface area (Å²) in [6.07, 6.45) is 4.82. The highest BCUT2D eigenvalue weighted by atomic mass is 32.1. The summed E-state index contributed by atoms with van der Waals surface area (Å²) < 4.78 is 4.12. The predicted molar refractivity (Wildman–Crippen MR) is 78.3 cm³/mol. The molecule has 0 spiro atoms. The van der Waals surface area contributed by atoms with Crippen molar-refractivity contribution in [3.05, 3.63) is 40.7 Å². The molecule has 0 aliphatic carbocycles. The molecule has 0 bridgehead atoms. The third-order valence-corrected chi connectivity index (χ3v) is 3.86. The zero-order chi connectivity index (χ0) is 13.5. The molecule has 2 rings (SSSR count). The van der Waals surface area contributed by atoms with E-state index in [0.29, 0.717) is 0 Å². The van der Waals surface area contributed by atoms with E-state index in [0.717, 1.165) is 37.2 Å². The van der Waals surface area contributed by atoms with Gasteiger partial charge in [0.15, 0.2) is 0 Å². The fourth-order valence-corrected chi connectivity index (χ4v) is 2.89. The third-order valence-electron chi connectivity index (χ3n) is 2.98. The maximum absolute atomic E-state index is 4.41. The highest BCUT2D eigenvalue weighted by Crippen LogP contribution is 2.24.